The minimum Gasteiger partial charge on any atom is -0.481 e. The van der Waals surface area contributed by atoms with Crippen molar-refractivity contribution >= 4 is 17.6 Å². The van der Waals surface area contributed by atoms with Crippen molar-refractivity contribution in [1.82, 2.24) is 9.78 Å². The van der Waals surface area contributed by atoms with Crippen LogP contribution in [0.2, 0.25) is 0 Å². The van der Waals surface area contributed by atoms with Crippen LogP contribution in [-0.2, 0) is 9.59 Å². The molecule has 0 aromatic carbocycles. The summed E-state index contributed by atoms with van der Waals surface area (Å²) in [6, 6.07) is 0.207. The molecule has 0 aliphatic heterocycles. The molecule has 1 amide bonds. The van der Waals surface area contributed by atoms with Crippen LogP contribution in [-0.4, -0.2) is 26.8 Å². The first kappa shape index (κ1) is 15.5. The molecule has 1 aliphatic rings. The molecule has 0 unspecified atom stereocenters. The van der Waals surface area contributed by atoms with Gasteiger partial charge in [0.1, 0.15) is 0 Å². The van der Waals surface area contributed by atoms with Gasteiger partial charge < -0.3 is 10.4 Å². The number of amides is 1. The Kier molecular flexibility index (Phi) is 3.59. The van der Waals surface area contributed by atoms with Crippen LogP contribution < -0.4 is 5.32 Å². The Bertz CT molecular complexity index is 602. The van der Waals surface area contributed by atoms with E-state index in [2.05, 4.69) is 10.4 Å². The zero-order valence-corrected chi connectivity index (χ0v) is 13.4. The van der Waals surface area contributed by atoms with Crippen molar-refractivity contribution in [2.24, 2.45) is 17.3 Å². The normalized spacial score (nSPS) is 23.2. The smallest absolute Gasteiger partial charge is 0.307 e. The van der Waals surface area contributed by atoms with Gasteiger partial charge in [-0.2, -0.15) is 5.10 Å². The number of nitrogens with zero attached hydrogens (tertiary/aromatic N) is 2. The number of anilines is 1. The lowest BCUT2D eigenvalue weighted by Crippen LogP contribution is -2.18. The topological polar surface area (TPSA) is 84.2 Å². The predicted octanol–water partition coefficient (Wildman–Crippen LogP) is 2.38. The van der Waals surface area contributed by atoms with E-state index in [0.29, 0.717) is 5.69 Å². The molecule has 1 aromatic rings. The van der Waals surface area contributed by atoms with Crippen LogP contribution in [0.5, 0.6) is 0 Å². The fourth-order valence-electron chi connectivity index (χ4n) is 3.14. The number of carboxylic acid groups (broad SMARTS) is 1. The van der Waals surface area contributed by atoms with Crippen LogP contribution in [0.15, 0.2) is 0 Å². The number of carbonyl (C=O) groups excluding carboxylic acids is 1. The average molecular weight is 293 g/mol. The van der Waals surface area contributed by atoms with Gasteiger partial charge in [0.15, 0.2) is 0 Å². The van der Waals surface area contributed by atoms with Gasteiger partial charge in [0, 0.05) is 6.04 Å². The number of hydrogen-bond acceptors (Lipinski definition) is 3. The second kappa shape index (κ2) is 4.86. The minimum absolute atomic E-state index is 0.207. The van der Waals surface area contributed by atoms with Crippen LogP contribution >= 0.6 is 0 Å². The maximum absolute atomic E-state index is 12.4. The highest BCUT2D eigenvalue weighted by molar-refractivity contribution is 6.00. The summed E-state index contributed by atoms with van der Waals surface area (Å²) in [5.41, 5.74) is 1.84. The zero-order chi connectivity index (χ0) is 16.1. The summed E-state index contributed by atoms with van der Waals surface area (Å²) < 4.78 is 1.86. The number of carbonyl (C=O) groups is 2. The number of aromatic nitrogens is 2. The van der Waals surface area contributed by atoms with E-state index >= 15 is 0 Å². The summed E-state index contributed by atoms with van der Waals surface area (Å²) in [5, 5.41) is 16.5. The monoisotopic (exact) mass is 293 g/mol. The number of nitrogens with one attached hydrogen (secondary N) is 1. The van der Waals surface area contributed by atoms with Crippen LogP contribution in [0.3, 0.4) is 0 Å². The van der Waals surface area contributed by atoms with Gasteiger partial charge in [-0.1, -0.05) is 13.8 Å². The van der Waals surface area contributed by atoms with Gasteiger partial charge in [0.05, 0.1) is 28.9 Å². The summed E-state index contributed by atoms with van der Waals surface area (Å²) in [4.78, 5) is 23.6. The Balaban J connectivity index is 2.21. The van der Waals surface area contributed by atoms with Crippen molar-refractivity contribution in [2.75, 3.05) is 5.32 Å². The summed E-state index contributed by atoms with van der Waals surface area (Å²) in [7, 11) is 0. The van der Waals surface area contributed by atoms with Crippen LogP contribution in [0.25, 0.3) is 0 Å². The molecule has 1 heterocycles. The highest BCUT2D eigenvalue weighted by Gasteiger charge is 2.65. The number of aryl methyl sites for hydroxylation is 1. The van der Waals surface area contributed by atoms with Crippen molar-refractivity contribution in [3.05, 3.63) is 11.4 Å². The van der Waals surface area contributed by atoms with Crippen LogP contribution in [0.4, 0.5) is 5.69 Å². The maximum Gasteiger partial charge on any atom is 0.307 e. The minimum atomic E-state index is -0.911. The Morgan fingerprint density at radius 1 is 1.29 bits per heavy atom. The molecule has 1 saturated carbocycles. The van der Waals surface area contributed by atoms with E-state index < -0.39 is 23.2 Å². The van der Waals surface area contributed by atoms with Gasteiger partial charge >= 0.3 is 5.97 Å². The first-order valence-corrected chi connectivity index (χ1v) is 7.18. The predicted molar refractivity (Wildman–Crippen MR) is 79.1 cm³/mol. The second-order valence-corrected chi connectivity index (χ2v) is 6.69. The molecule has 0 saturated heterocycles. The fraction of sp³-hybridized carbons (Fsp3) is 0.667. The molecular formula is C15H23N3O3. The van der Waals surface area contributed by atoms with Crippen molar-refractivity contribution in [2.45, 2.75) is 47.6 Å². The molecular weight excluding hydrogens is 270 g/mol. The highest BCUT2D eigenvalue weighted by Crippen LogP contribution is 2.58. The second-order valence-electron chi connectivity index (χ2n) is 6.69. The van der Waals surface area contributed by atoms with E-state index in [1.54, 1.807) is 0 Å². The van der Waals surface area contributed by atoms with Gasteiger partial charge in [-0.25, -0.2) is 0 Å². The van der Waals surface area contributed by atoms with Gasteiger partial charge in [-0.05, 0) is 33.1 Å². The Hall–Kier alpha value is -1.85. The molecule has 0 spiro atoms. The van der Waals surface area contributed by atoms with Gasteiger partial charge in [-0.3, -0.25) is 14.3 Å². The summed E-state index contributed by atoms with van der Waals surface area (Å²) in [6.45, 7) is 11.4. The number of carboxylic acids is 1. The first-order chi connectivity index (χ1) is 9.59. The Morgan fingerprint density at radius 3 is 2.24 bits per heavy atom. The van der Waals surface area contributed by atoms with E-state index in [4.69, 9.17) is 5.11 Å². The Morgan fingerprint density at radius 2 is 1.86 bits per heavy atom. The molecule has 2 atom stereocenters. The molecule has 21 heavy (non-hydrogen) atoms. The zero-order valence-electron chi connectivity index (χ0n) is 13.4. The quantitative estimate of drug-likeness (QED) is 0.892. The summed E-state index contributed by atoms with van der Waals surface area (Å²) >= 11 is 0. The third kappa shape index (κ3) is 2.43. The Labute approximate surface area is 124 Å². The fourth-order valence-corrected chi connectivity index (χ4v) is 3.14. The summed E-state index contributed by atoms with van der Waals surface area (Å²) in [5.74, 6) is -2.25. The molecule has 1 aromatic heterocycles. The van der Waals surface area contributed by atoms with Crippen molar-refractivity contribution in [3.8, 4) is 0 Å². The molecule has 0 radical (unpaired) electrons. The van der Waals surface area contributed by atoms with E-state index in [9.17, 15) is 9.59 Å². The van der Waals surface area contributed by atoms with Crippen molar-refractivity contribution in [1.29, 1.82) is 0 Å². The molecule has 6 nitrogen and oxygen atoms in total. The van der Waals surface area contributed by atoms with E-state index in [1.165, 1.54) is 0 Å². The van der Waals surface area contributed by atoms with Crippen molar-refractivity contribution < 1.29 is 14.7 Å². The molecule has 2 rings (SSSR count). The van der Waals surface area contributed by atoms with E-state index in [-0.39, 0.29) is 11.9 Å². The first-order valence-electron chi connectivity index (χ1n) is 7.18. The molecule has 2 N–H and O–H groups in total. The SMILES string of the molecule is Cc1nn(C(C)C)c(C)c1NC(=O)[C@H]1[C@@H](C(=O)O)C1(C)C. The molecule has 6 heteroatoms. The van der Waals surface area contributed by atoms with Gasteiger partial charge in [0.25, 0.3) is 0 Å². The third-order valence-electron chi connectivity index (χ3n) is 4.44. The number of aliphatic carboxylic acids is 1. The van der Waals surface area contributed by atoms with Crippen LogP contribution in [0, 0.1) is 31.1 Å². The lowest BCUT2D eigenvalue weighted by atomic mass is 10.1. The molecule has 1 fully saturated rings. The van der Waals surface area contributed by atoms with Gasteiger partial charge in [-0.15, -0.1) is 0 Å². The maximum atomic E-state index is 12.4. The van der Waals surface area contributed by atoms with Crippen molar-refractivity contribution in [3.63, 3.8) is 0 Å². The lowest BCUT2D eigenvalue weighted by Gasteiger charge is -2.09. The largest absolute Gasteiger partial charge is 0.481 e. The molecule has 1 aliphatic carbocycles. The van der Waals surface area contributed by atoms with E-state index in [1.807, 2.05) is 46.2 Å². The number of hydrogen-bond donors (Lipinski definition) is 2. The lowest BCUT2D eigenvalue weighted by molar-refractivity contribution is -0.140. The molecule has 116 valence electrons. The third-order valence-corrected chi connectivity index (χ3v) is 4.44. The average Bonchev–Trinajstić information content (AvgIpc) is 2.83. The molecule has 0 bridgehead atoms. The standard InChI is InChI=1S/C15H23N3O3/c1-7(2)18-9(4)12(8(3)17-18)16-13(19)10-11(14(20)21)15(10,5)6/h7,10-11H,1-6H3,(H,16,19)(H,20,21)/t10-,11+/m1/s1. The van der Waals surface area contributed by atoms with Crippen LogP contribution in [0.1, 0.15) is 45.1 Å². The van der Waals surface area contributed by atoms with E-state index in [0.717, 1.165) is 11.4 Å². The highest BCUT2D eigenvalue weighted by atomic mass is 16.4. The summed E-state index contributed by atoms with van der Waals surface area (Å²) in [6.07, 6.45) is 0. The van der Waals surface area contributed by atoms with Gasteiger partial charge in [0.2, 0.25) is 5.91 Å². The number of rotatable bonds is 4.